The van der Waals surface area contributed by atoms with Gasteiger partial charge in [0.05, 0.1) is 5.70 Å². The van der Waals surface area contributed by atoms with Crippen LogP contribution < -0.4 is 5.32 Å². The molecular weight excluding hydrogens is 398 g/mol. The number of ketones is 1. The maximum Gasteiger partial charge on any atom is 0.341 e. The van der Waals surface area contributed by atoms with Crippen molar-refractivity contribution in [1.82, 2.24) is 5.32 Å². The second-order valence-electron chi connectivity index (χ2n) is 7.85. The van der Waals surface area contributed by atoms with Gasteiger partial charge in [-0.1, -0.05) is 93.3 Å². The molecule has 2 aromatic carbocycles. The monoisotopic (exact) mass is 431 g/mol. The van der Waals surface area contributed by atoms with E-state index in [1.807, 2.05) is 42.5 Å². The summed E-state index contributed by atoms with van der Waals surface area (Å²) < 4.78 is 0. The molecule has 0 aliphatic heterocycles. The number of Topliss-reactive ketones (excluding diaryl/α,β-unsaturated/α-hetero) is 1. The number of unbranched alkanes of at least 4 members (excludes halogenated alkanes) is 6. The van der Waals surface area contributed by atoms with Gasteiger partial charge in [-0.05, 0) is 36.6 Å². The molecule has 0 aliphatic rings. The highest BCUT2D eigenvalue weighted by Crippen LogP contribution is 2.18. The molecule has 2 rings (SSSR count). The summed E-state index contributed by atoms with van der Waals surface area (Å²) in [5, 5.41) is 12.7. The number of carbonyl (C=O) groups is 2. The molecule has 0 radical (unpaired) electrons. The molecular formula is C28H33NO3. The average Bonchev–Trinajstić information content (AvgIpc) is 2.79. The Morgan fingerprint density at radius 3 is 2.19 bits per heavy atom. The zero-order chi connectivity index (χ0) is 23.2. The van der Waals surface area contributed by atoms with E-state index in [0.29, 0.717) is 17.8 Å². The zero-order valence-corrected chi connectivity index (χ0v) is 19.1. The molecule has 2 aromatic rings. The lowest BCUT2D eigenvalue weighted by molar-refractivity contribution is -0.134. The standard InChI is InChI=1S/C28H33NO3/c1-3-4-5-6-7-8-9-11-14-23-17-19-24(20-18-23)21-29-27(25-15-12-10-13-16-25)26(22(2)30)28(31)32/h10,12-13,15-20,29H,3-9,21H2,1-2H3,(H,31,32)/b27-26-. The molecule has 4 nitrogen and oxygen atoms in total. The average molecular weight is 432 g/mol. The third-order valence-electron chi connectivity index (χ3n) is 5.19. The first-order chi connectivity index (χ1) is 15.5. The number of aliphatic carboxylic acids is 1. The van der Waals surface area contributed by atoms with E-state index < -0.39 is 11.8 Å². The van der Waals surface area contributed by atoms with Crippen LogP contribution in [0.2, 0.25) is 0 Å². The molecule has 0 saturated heterocycles. The van der Waals surface area contributed by atoms with Crippen molar-refractivity contribution in [3.05, 3.63) is 76.9 Å². The molecule has 168 valence electrons. The number of carboxylic acids is 1. The molecule has 0 heterocycles. The zero-order valence-electron chi connectivity index (χ0n) is 19.1. The van der Waals surface area contributed by atoms with Crippen LogP contribution in [0, 0.1) is 11.8 Å². The minimum Gasteiger partial charge on any atom is -0.477 e. The molecule has 32 heavy (non-hydrogen) atoms. The van der Waals surface area contributed by atoms with Crippen LogP contribution in [0.4, 0.5) is 0 Å². The van der Waals surface area contributed by atoms with Crippen molar-refractivity contribution in [2.45, 2.75) is 65.3 Å². The van der Waals surface area contributed by atoms with Crippen LogP contribution in [-0.4, -0.2) is 16.9 Å². The number of carbonyl (C=O) groups excluding carboxylic acids is 1. The number of benzene rings is 2. The second kappa shape index (κ2) is 13.9. The maximum absolute atomic E-state index is 12.0. The molecule has 0 unspecified atom stereocenters. The summed E-state index contributed by atoms with van der Waals surface area (Å²) in [7, 11) is 0. The summed E-state index contributed by atoms with van der Waals surface area (Å²) in [5.41, 5.74) is 2.70. The lowest BCUT2D eigenvalue weighted by Crippen LogP contribution is -2.21. The van der Waals surface area contributed by atoms with E-state index in [-0.39, 0.29) is 5.57 Å². The fraction of sp³-hybridized carbons (Fsp3) is 0.357. The maximum atomic E-state index is 12.0. The van der Waals surface area contributed by atoms with Crippen LogP contribution in [0.25, 0.3) is 5.70 Å². The van der Waals surface area contributed by atoms with Crippen LogP contribution in [0.5, 0.6) is 0 Å². The molecule has 0 spiro atoms. The predicted molar refractivity (Wildman–Crippen MR) is 130 cm³/mol. The Balaban J connectivity index is 1.99. The molecule has 2 N–H and O–H groups in total. The molecule has 0 saturated carbocycles. The van der Waals surface area contributed by atoms with Gasteiger partial charge >= 0.3 is 5.97 Å². The van der Waals surface area contributed by atoms with Crippen LogP contribution in [0.1, 0.15) is 75.5 Å². The topological polar surface area (TPSA) is 66.4 Å². The van der Waals surface area contributed by atoms with Gasteiger partial charge in [0.1, 0.15) is 5.57 Å². The highest BCUT2D eigenvalue weighted by molar-refractivity contribution is 6.21. The fourth-order valence-electron chi connectivity index (χ4n) is 3.43. The minimum absolute atomic E-state index is 0.242. The molecule has 0 aliphatic carbocycles. The molecule has 0 fully saturated rings. The van der Waals surface area contributed by atoms with Gasteiger partial charge in [-0.3, -0.25) is 4.79 Å². The highest BCUT2D eigenvalue weighted by Gasteiger charge is 2.20. The highest BCUT2D eigenvalue weighted by atomic mass is 16.4. The van der Waals surface area contributed by atoms with Crippen LogP contribution in [0.3, 0.4) is 0 Å². The van der Waals surface area contributed by atoms with Crippen molar-refractivity contribution in [1.29, 1.82) is 0 Å². The Morgan fingerprint density at radius 1 is 0.906 bits per heavy atom. The van der Waals surface area contributed by atoms with Gasteiger partial charge in [0, 0.05) is 18.5 Å². The van der Waals surface area contributed by atoms with Crippen molar-refractivity contribution < 1.29 is 14.7 Å². The third-order valence-corrected chi connectivity index (χ3v) is 5.19. The molecule has 0 aromatic heterocycles. The van der Waals surface area contributed by atoms with E-state index in [1.165, 1.54) is 39.0 Å². The number of hydrogen-bond donors (Lipinski definition) is 2. The van der Waals surface area contributed by atoms with Crippen LogP contribution in [0.15, 0.2) is 60.2 Å². The summed E-state index contributed by atoms with van der Waals surface area (Å²) in [6.45, 7) is 3.90. The van der Waals surface area contributed by atoms with E-state index in [1.54, 1.807) is 12.1 Å². The lowest BCUT2D eigenvalue weighted by atomic mass is 10.0. The summed E-state index contributed by atoms with van der Waals surface area (Å²) in [4.78, 5) is 23.7. The summed E-state index contributed by atoms with van der Waals surface area (Å²) in [5.74, 6) is 4.74. The number of rotatable bonds is 12. The minimum atomic E-state index is -1.24. The van der Waals surface area contributed by atoms with E-state index >= 15 is 0 Å². The van der Waals surface area contributed by atoms with Gasteiger partial charge in [-0.15, -0.1) is 0 Å². The van der Waals surface area contributed by atoms with Gasteiger partial charge in [-0.2, -0.15) is 0 Å². The van der Waals surface area contributed by atoms with Crippen molar-refractivity contribution in [3.8, 4) is 11.8 Å². The lowest BCUT2D eigenvalue weighted by Gasteiger charge is -2.14. The number of nitrogens with one attached hydrogen (secondary N) is 1. The number of hydrogen-bond acceptors (Lipinski definition) is 3. The predicted octanol–water partition coefficient (Wildman–Crippen LogP) is 5.96. The first kappa shape index (κ1) is 24.9. The van der Waals surface area contributed by atoms with E-state index in [4.69, 9.17) is 0 Å². The Labute approximate surface area is 191 Å². The summed E-state index contributed by atoms with van der Waals surface area (Å²) in [6.07, 6.45) is 8.52. The summed E-state index contributed by atoms with van der Waals surface area (Å²) >= 11 is 0. The van der Waals surface area contributed by atoms with Crippen molar-refractivity contribution in [2.75, 3.05) is 0 Å². The first-order valence-electron chi connectivity index (χ1n) is 11.4. The van der Waals surface area contributed by atoms with Gasteiger partial charge in [0.15, 0.2) is 5.78 Å². The van der Waals surface area contributed by atoms with Crippen LogP contribution in [-0.2, 0) is 16.1 Å². The van der Waals surface area contributed by atoms with E-state index in [0.717, 1.165) is 24.0 Å². The van der Waals surface area contributed by atoms with E-state index in [2.05, 4.69) is 24.1 Å². The van der Waals surface area contributed by atoms with Gasteiger partial charge in [0.25, 0.3) is 0 Å². The summed E-state index contributed by atoms with van der Waals surface area (Å²) in [6, 6.07) is 16.9. The van der Waals surface area contributed by atoms with Gasteiger partial charge < -0.3 is 10.4 Å². The fourth-order valence-corrected chi connectivity index (χ4v) is 3.43. The SMILES string of the molecule is CCCCCCCCC#Cc1ccc(CN/C(=C(/C(C)=O)C(=O)O)c2ccccc2)cc1. The Morgan fingerprint density at radius 2 is 1.56 bits per heavy atom. The smallest absolute Gasteiger partial charge is 0.341 e. The third kappa shape index (κ3) is 8.43. The van der Waals surface area contributed by atoms with Crippen molar-refractivity contribution in [3.63, 3.8) is 0 Å². The quantitative estimate of drug-likeness (QED) is 0.143. The first-order valence-corrected chi connectivity index (χ1v) is 11.4. The number of carboxylic acid groups (broad SMARTS) is 1. The van der Waals surface area contributed by atoms with Crippen molar-refractivity contribution in [2.24, 2.45) is 0 Å². The Hall–Kier alpha value is -3.32. The van der Waals surface area contributed by atoms with Gasteiger partial charge in [-0.25, -0.2) is 4.79 Å². The van der Waals surface area contributed by atoms with Gasteiger partial charge in [0.2, 0.25) is 0 Å². The van der Waals surface area contributed by atoms with Crippen molar-refractivity contribution >= 4 is 17.4 Å². The molecule has 0 atom stereocenters. The largest absolute Gasteiger partial charge is 0.477 e. The normalized spacial score (nSPS) is 11.2. The Kier molecular flexibility index (Phi) is 10.8. The molecule has 4 heteroatoms. The van der Waals surface area contributed by atoms with E-state index in [9.17, 15) is 14.7 Å². The molecule has 0 amide bonds. The van der Waals surface area contributed by atoms with Crippen LogP contribution >= 0.6 is 0 Å². The second-order valence-corrected chi connectivity index (χ2v) is 7.85. The Bertz CT molecular complexity index is 947. The molecule has 0 bridgehead atoms.